The second kappa shape index (κ2) is 11.8. The normalized spacial score (nSPS) is 14.9. The van der Waals surface area contributed by atoms with Crippen LogP contribution in [0.15, 0.2) is 57.5 Å². The van der Waals surface area contributed by atoms with Crippen molar-refractivity contribution in [1.82, 2.24) is 4.57 Å². The van der Waals surface area contributed by atoms with Crippen LogP contribution in [0, 0.1) is 12.3 Å². The zero-order valence-corrected chi connectivity index (χ0v) is 23.7. The highest BCUT2D eigenvalue weighted by Gasteiger charge is 2.33. The average Bonchev–Trinajstić information content (AvgIpc) is 3.20. The molecule has 0 fully saturated rings. The Hall–Kier alpha value is -4.00. The third-order valence-electron chi connectivity index (χ3n) is 5.87. The molecule has 4 rings (SSSR count). The minimum absolute atomic E-state index is 0.0281. The number of carbonyl (C=O) groups excluding carboxylic acids is 1. The Morgan fingerprint density at radius 1 is 1.23 bits per heavy atom. The summed E-state index contributed by atoms with van der Waals surface area (Å²) in [6.45, 7) is 5.31. The summed E-state index contributed by atoms with van der Waals surface area (Å²) in [4.78, 5) is 32.1. The summed E-state index contributed by atoms with van der Waals surface area (Å²) in [6.07, 6.45) is 6.65. The van der Waals surface area contributed by atoms with Crippen molar-refractivity contribution in [1.29, 1.82) is 0 Å². The molecule has 202 valence electrons. The number of benzene rings is 2. The fourth-order valence-corrected chi connectivity index (χ4v) is 5.51. The summed E-state index contributed by atoms with van der Waals surface area (Å²) < 4.78 is 23.7. The van der Waals surface area contributed by atoms with Gasteiger partial charge < -0.3 is 18.9 Å². The van der Waals surface area contributed by atoms with Gasteiger partial charge in [-0.1, -0.05) is 41.0 Å². The van der Waals surface area contributed by atoms with E-state index in [2.05, 4.69) is 10.9 Å². The van der Waals surface area contributed by atoms with E-state index < -0.39 is 12.0 Å². The van der Waals surface area contributed by atoms with E-state index in [4.69, 9.17) is 37.0 Å². The Bertz CT molecular complexity index is 1660. The SMILES string of the molecule is C#CCOc1c(Cl)cc(/C=c2\sc3n(c2=O)[C@H](c2ccc(OC)cc2)C(C(=O)OC(C)C)=C(C)N=3)cc1OC. The highest BCUT2D eigenvalue weighted by Crippen LogP contribution is 2.37. The smallest absolute Gasteiger partial charge is 0.338 e. The van der Waals surface area contributed by atoms with Crippen LogP contribution in [0.5, 0.6) is 17.2 Å². The summed E-state index contributed by atoms with van der Waals surface area (Å²) in [5, 5.41) is 0.286. The first-order valence-electron chi connectivity index (χ1n) is 12.0. The van der Waals surface area contributed by atoms with Crippen molar-refractivity contribution < 1.29 is 23.7 Å². The molecule has 0 N–H and O–H groups in total. The quantitative estimate of drug-likeness (QED) is 0.304. The largest absolute Gasteiger partial charge is 0.497 e. The first-order chi connectivity index (χ1) is 18.7. The van der Waals surface area contributed by atoms with Crippen molar-refractivity contribution in [2.75, 3.05) is 20.8 Å². The van der Waals surface area contributed by atoms with E-state index >= 15 is 0 Å². The second-order valence-electron chi connectivity index (χ2n) is 8.84. The van der Waals surface area contributed by atoms with Crippen LogP contribution in [0.3, 0.4) is 0 Å². The number of thiazole rings is 1. The van der Waals surface area contributed by atoms with E-state index in [1.165, 1.54) is 23.0 Å². The number of methoxy groups -OCH3 is 2. The number of rotatable bonds is 8. The molecule has 1 aliphatic heterocycles. The van der Waals surface area contributed by atoms with Crippen molar-refractivity contribution in [2.45, 2.75) is 32.9 Å². The lowest BCUT2D eigenvalue weighted by Crippen LogP contribution is -2.40. The van der Waals surface area contributed by atoms with Gasteiger partial charge in [-0.15, -0.1) is 6.42 Å². The molecule has 0 radical (unpaired) electrons. The number of aromatic nitrogens is 1. The van der Waals surface area contributed by atoms with Crippen molar-refractivity contribution in [2.24, 2.45) is 4.99 Å². The van der Waals surface area contributed by atoms with Crippen LogP contribution >= 0.6 is 22.9 Å². The highest BCUT2D eigenvalue weighted by molar-refractivity contribution is 7.07. The van der Waals surface area contributed by atoms with Gasteiger partial charge in [0.05, 0.1) is 47.2 Å². The van der Waals surface area contributed by atoms with E-state index in [-0.39, 0.29) is 23.3 Å². The molecule has 8 nitrogen and oxygen atoms in total. The molecule has 0 amide bonds. The van der Waals surface area contributed by atoms with Gasteiger partial charge in [-0.3, -0.25) is 9.36 Å². The van der Waals surface area contributed by atoms with E-state index in [9.17, 15) is 9.59 Å². The van der Waals surface area contributed by atoms with Crippen molar-refractivity contribution in [3.63, 3.8) is 0 Å². The Morgan fingerprint density at radius 2 is 1.95 bits per heavy atom. The number of allylic oxidation sites excluding steroid dienone is 1. The van der Waals surface area contributed by atoms with Gasteiger partial charge in [0.2, 0.25) is 0 Å². The Balaban J connectivity index is 1.90. The van der Waals surface area contributed by atoms with Gasteiger partial charge in [0.15, 0.2) is 16.3 Å². The molecule has 0 unspecified atom stereocenters. The number of halogens is 1. The summed E-state index contributed by atoms with van der Waals surface area (Å²) >= 11 is 7.65. The maximum atomic E-state index is 13.8. The number of nitrogens with zero attached hydrogens (tertiary/aromatic N) is 2. The van der Waals surface area contributed by atoms with Crippen LogP contribution in [0.1, 0.15) is 37.9 Å². The number of ether oxygens (including phenoxy) is 4. The number of esters is 1. The number of hydrogen-bond acceptors (Lipinski definition) is 8. The lowest BCUT2D eigenvalue weighted by Gasteiger charge is -2.25. The van der Waals surface area contributed by atoms with Crippen LogP contribution in [-0.2, 0) is 9.53 Å². The second-order valence-corrected chi connectivity index (χ2v) is 10.3. The van der Waals surface area contributed by atoms with Gasteiger partial charge in [0.25, 0.3) is 5.56 Å². The zero-order valence-electron chi connectivity index (χ0n) is 22.1. The summed E-state index contributed by atoms with van der Waals surface area (Å²) in [6, 6.07) is 9.83. The molecule has 1 atom stereocenters. The fraction of sp³-hybridized carbons (Fsp3) is 0.276. The standard InChI is InChI=1S/C29H27ClN2O6S/c1-7-12-37-26-21(30)13-18(14-22(26)36-6)15-23-27(33)32-25(19-8-10-20(35-5)11-9-19)24(28(34)38-16(2)3)17(4)31-29(32)39-23/h1,8-11,13-16,25H,12H2,2-6H3/b23-15-/t25-/m1/s1. The predicted octanol–water partition coefficient (Wildman–Crippen LogP) is 3.87. The molecule has 0 saturated carbocycles. The molecule has 0 bridgehead atoms. The van der Waals surface area contributed by atoms with Crippen LogP contribution in [-0.4, -0.2) is 37.5 Å². The van der Waals surface area contributed by atoms with Crippen LogP contribution in [0.2, 0.25) is 5.02 Å². The van der Waals surface area contributed by atoms with Gasteiger partial charge in [-0.2, -0.15) is 0 Å². The maximum absolute atomic E-state index is 13.8. The van der Waals surface area contributed by atoms with Gasteiger partial charge in [-0.25, -0.2) is 9.79 Å². The monoisotopic (exact) mass is 566 g/mol. The van der Waals surface area contributed by atoms with Crippen LogP contribution in [0.4, 0.5) is 0 Å². The average molecular weight is 567 g/mol. The van der Waals surface area contributed by atoms with E-state index in [0.29, 0.717) is 49.0 Å². The maximum Gasteiger partial charge on any atom is 0.338 e. The Labute approximate surface area is 234 Å². The molecule has 0 aliphatic carbocycles. The van der Waals surface area contributed by atoms with Gasteiger partial charge in [-0.05, 0) is 62.2 Å². The van der Waals surface area contributed by atoms with E-state index in [0.717, 1.165) is 0 Å². The lowest BCUT2D eigenvalue weighted by molar-refractivity contribution is -0.143. The first-order valence-corrected chi connectivity index (χ1v) is 13.2. The van der Waals surface area contributed by atoms with E-state index in [1.807, 2.05) is 12.1 Å². The van der Waals surface area contributed by atoms with Crippen molar-refractivity contribution in [3.05, 3.63) is 83.5 Å². The topological polar surface area (TPSA) is 88.4 Å². The summed E-state index contributed by atoms with van der Waals surface area (Å²) in [7, 11) is 3.06. The molecule has 10 heteroatoms. The number of carbonyl (C=O) groups is 1. The summed E-state index contributed by atoms with van der Waals surface area (Å²) in [5.74, 6) is 3.21. The minimum atomic E-state index is -0.738. The number of fused-ring (bicyclic) bond motifs is 1. The molecule has 0 spiro atoms. The molecular weight excluding hydrogens is 540 g/mol. The number of terminal acetylenes is 1. The first kappa shape index (κ1) is 28.0. The molecular formula is C29H27ClN2O6S. The van der Waals surface area contributed by atoms with Crippen LogP contribution < -0.4 is 29.1 Å². The Kier molecular flexibility index (Phi) is 8.48. The Morgan fingerprint density at radius 3 is 2.56 bits per heavy atom. The third-order valence-corrected chi connectivity index (χ3v) is 7.13. The predicted molar refractivity (Wildman–Crippen MR) is 150 cm³/mol. The minimum Gasteiger partial charge on any atom is -0.497 e. The van der Waals surface area contributed by atoms with Crippen LogP contribution in [0.25, 0.3) is 6.08 Å². The highest BCUT2D eigenvalue weighted by atomic mass is 35.5. The van der Waals surface area contributed by atoms with Gasteiger partial charge in [0, 0.05) is 0 Å². The molecule has 0 saturated heterocycles. The van der Waals surface area contributed by atoms with Gasteiger partial charge in [0.1, 0.15) is 12.4 Å². The molecule has 1 aromatic heterocycles. The van der Waals surface area contributed by atoms with Gasteiger partial charge >= 0.3 is 5.97 Å². The molecule has 2 aromatic carbocycles. The summed E-state index contributed by atoms with van der Waals surface area (Å²) in [5.41, 5.74) is 1.80. The zero-order chi connectivity index (χ0) is 28.3. The molecule has 1 aliphatic rings. The van der Waals surface area contributed by atoms with Crippen molar-refractivity contribution >= 4 is 35.0 Å². The third kappa shape index (κ3) is 5.72. The fourth-order valence-electron chi connectivity index (χ4n) is 4.19. The lowest BCUT2D eigenvalue weighted by atomic mass is 9.96. The molecule has 39 heavy (non-hydrogen) atoms. The van der Waals surface area contributed by atoms with E-state index in [1.54, 1.807) is 58.2 Å². The molecule has 2 heterocycles. The van der Waals surface area contributed by atoms with Crippen molar-refractivity contribution in [3.8, 4) is 29.6 Å². The number of hydrogen-bond donors (Lipinski definition) is 0. The molecule has 3 aromatic rings.